The Balaban J connectivity index is 2.05. The molecule has 0 radical (unpaired) electrons. The smallest absolute Gasteiger partial charge is 0.328 e. The lowest BCUT2D eigenvalue weighted by Crippen LogP contribution is -2.12. The molecule has 0 amide bonds. The van der Waals surface area contributed by atoms with Crippen molar-refractivity contribution in [1.82, 2.24) is 9.97 Å². The van der Waals surface area contributed by atoms with E-state index < -0.39 is 6.29 Å². The summed E-state index contributed by atoms with van der Waals surface area (Å²) in [4.78, 5) is 8.60. The first-order valence-electron chi connectivity index (χ1n) is 13.7. The molecule has 0 bridgehead atoms. The Hall–Kier alpha value is -2.38. The minimum Gasteiger partial charge on any atom is -0.481 e. The molecule has 0 aliphatic rings. The molecular weight excluding hydrogens is 456 g/mol. The summed E-state index contributed by atoms with van der Waals surface area (Å²) in [7, 11) is 3.09. The molecule has 202 valence electrons. The van der Waals surface area contributed by atoms with Gasteiger partial charge in [-0.05, 0) is 18.9 Å². The molecule has 0 N–H and O–H groups in total. The lowest BCUT2D eigenvalue weighted by atomic mass is 10.1. The molecule has 0 saturated carbocycles. The number of hydrogen-bond donors (Lipinski definition) is 0. The van der Waals surface area contributed by atoms with E-state index in [9.17, 15) is 0 Å². The van der Waals surface area contributed by atoms with Crippen molar-refractivity contribution in [2.24, 2.45) is 0 Å². The van der Waals surface area contributed by atoms with Gasteiger partial charge in [-0.2, -0.15) is 9.97 Å². The molecule has 1 aromatic carbocycles. The summed E-state index contributed by atoms with van der Waals surface area (Å²) in [5.74, 6) is 1.32. The summed E-state index contributed by atoms with van der Waals surface area (Å²) in [5, 5.41) is 0. The van der Waals surface area contributed by atoms with E-state index in [1.807, 2.05) is 24.3 Å². The average molecular weight is 503 g/mol. The van der Waals surface area contributed by atoms with Crippen molar-refractivity contribution in [1.29, 1.82) is 0 Å². The number of nitrogens with zero attached hydrogens (tertiary/aromatic N) is 2. The minimum atomic E-state index is -0.514. The molecule has 7 nitrogen and oxygen atoms in total. The molecule has 0 atom stereocenters. The average Bonchev–Trinajstić information content (AvgIpc) is 2.91. The first kappa shape index (κ1) is 29.8. The van der Waals surface area contributed by atoms with Gasteiger partial charge in [-0.3, -0.25) is 0 Å². The fourth-order valence-electron chi connectivity index (χ4n) is 3.88. The first-order valence-corrected chi connectivity index (χ1v) is 13.7. The predicted molar refractivity (Wildman–Crippen MR) is 143 cm³/mol. The third-order valence-corrected chi connectivity index (χ3v) is 5.99. The third kappa shape index (κ3) is 11.6. The Bertz CT molecular complexity index is 793. The van der Waals surface area contributed by atoms with Crippen molar-refractivity contribution in [3.63, 3.8) is 0 Å². The Morgan fingerprint density at radius 1 is 0.667 bits per heavy atom. The van der Waals surface area contributed by atoms with Gasteiger partial charge in [0.2, 0.25) is 11.8 Å². The molecule has 0 aliphatic carbocycles. The maximum absolute atomic E-state index is 6.26. The second kappa shape index (κ2) is 18.8. The number of benzene rings is 1. The van der Waals surface area contributed by atoms with Gasteiger partial charge in [-0.15, -0.1) is 0 Å². The zero-order chi connectivity index (χ0) is 25.8. The van der Waals surface area contributed by atoms with Gasteiger partial charge in [0, 0.05) is 0 Å². The van der Waals surface area contributed by atoms with Crippen LogP contribution in [0.25, 0.3) is 0 Å². The van der Waals surface area contributed by atoms with Crippen molar-refractivity contribution < 1.29 is 23.7 Å². The van der Waals surface area contributed by atoms with E-state index in [2.05, 4.69) is 23.8 Å². The zero-order valence-electron chi connectivity index (χ0n) is 22.8. The molecule has 36 heavy (non-hydrogen) atoms. The quantitative estimate of drug-likeness (QED) is 0.126. The molecule has 1 heterocycles. The van der Waals surface area contributed by atoms with E-state index >= 15 is 0 Å². The van der Waals surface area contributed by atoms with Gasteiger partial charge in [-0.25, -0.2) is 0 Å². The van der Waals surface area contributed by atoms with E-state index in [0.717, 1.165) is 18.4 Å². The van der Waals surface area contributed by atoms with Crippen molar-refractivity contribution in [3.8, 4) is 23.5 Å². The van der Waals surface area contributed by atoms with Crippen LogP contribution in [-0.4, -0.2) is 37.4 Å². The van der Waals surface area contributed by atoms with Crippen molar-refractivity contribution in [3.05, 3.63) is 35.9 Å². The van der Waals surface area contributed by atoms with Crippen LogP contribution in [-0.2, 0) is 9.47 Å². The molecular formula is C29H46N2O5. The molecule has 0 fully saturated rings. The summed E-state index contributed by atoms with van der Waals surface area (Å²) >= 11 is 0. The summed E-state index contributed by atoms with van der Waals surface area (Å²) in [5.41, 5.74) is 0.819. The van der Waals surface area contributed by atoms with Gasteiger partial charge in [-0.1, -0.05) is 96.3 Å². The van der Waals surface area contributed by atoms with Crippen LogP contribution in [0.1, 0.15) is 103 Å². The Kier molecular flexibility index (Phi) is 15.6. The van der Waals surface area contributed by atoms with E-state index in [1.165, 1.54) is 64.2 Å². The highest BCUT2D eigenvalue weighted by molar-refractivity contribution is 5.37. The van der Waals surface area contributed by atoms with Crippen LogP contribution in [0.15, 0.2) is 30.3 Å². The number of aromatic nitrogens is 2. The predicted octanol–water partition coefficient (Wildman–Crippen LogP) is 8.04. The monoisotopic (exact) mass is 502 g/mol. The van der Waals surface area contributed by atoms with Gasteiger partial charge in [0.05, 0.1) is 39.1 Å². The molecule has 2 rings (SSSR count). The maximum atomic E-state index is 6.26. The largest absolute Gasteiger partial charge is 0.481 e. The van der Waals surface area contributed by atoms with Crippen LogP contribution in [0.2, 0.25) is 0 Å². The van der Waals surface area contributed by atoms with Gasteiger partial charge in [0.15, 0.2) is 6.29 Å². The first-order chi connectivity index (χ1) is 17.7. The fraction of sp³-hybridized carbons (Fsp3) is 0.655. The van der Waals surface area contributed by atoms with Crippen LogP contribution >= 0.6 is 0 Å². The van der Waals surface area contributed by atoms with Crippen LogP contribution in [0.3, 0.4) is 0 Å². The molecule has 0 spiro atoms. The topological polar surface area (TPSA) is 71.9 Å². The summed E-state index contributed by atoms with van der Waals surface area (Å²) in [6.07, 6.45) is 14.0. The molecule has 7 heteroatoms. The summed E-state index contributed by atoms with van der Waals surface area (Å²) in [6, 6.07) is 9.47. The number of ether oxygens (including phenoxy) is 5. The van der Waals surface area contributed by atoms with Gasteiger partial charge >= 0.3 is 6.01 Å². The highest BCUT2D eigenvalue weighted by Crippen LogP contribution is 2.32. The molecule has 1 aromatic heterocycles. The maximum Gasteiger partial charge on any atom is 0.328 e. The van der Waals surface area contributed by atoms with Crippen LogP contribution in [0.4, 0.5) is 0 Å². The second-order valence-corrected chi connectivity index (χ2v) is 8.98. The Morgan fingerprint density at radius 3 is 1.69 bits per heavy atom. The van der Waals surface area contributed by atoms with E-state index in [0.29, 0.717) is 30.7 Å². The lowest BCUT2D eigenvalue weighted by molar-refractivity contribution is -0.149. The van der Waals surface area contributed by atoms with Gasteiger partial charge in [0.25, 0.3) is 0 Å². The Labute approximate surface area is 217 Å². The molecule has 0 saturated heterocycles. The van der Waals surface area contributed by atoms with E-state index in [1.54, 1.807) is 20.3 Å². The van der Waals surface area contributed by atoms with Crippen molar-refractivity contribution in [2.45, 2.75) is 97.2 Å². The number of unbranched alkanes of at least 4 members (excludes halogenated alkanes) is 10. The van der Waals surface area contributed by atoms with Crippen LogP contribution in [0, 0.1) is 0 Å². The van der Waals surface area contributed by atoms with Gasteiger partial charge < -0.3 is 23.7 Å². The highest BCUT2D eigenvalue weighted by atomic mass is 16.7. The minimum absolute atomic E-state index is 0.143. The zero-order valence-corrected chi connectivity index (χ0v) is 22.8. The number of rotatable bonds is 21. The Morgan fingerprint density at radius 2 is 1.17 bits per heavy atom. The summed E-state index contributed by atoms with van der Waals surface area (Å²) in [6.45, 7) is 5.76. The SMILES string of the molecule is CCCCCCCCOC(OCCCCCCCC)c1ccccc1Oc1nc(OC)cc(OC)n1. The lowest BCUT2D eigenvalue weighted by Gasteiger charge is -2.21. The van der Waals surface area contributed by atoms with Crippen molar-refractivity contribution in [2.75, 3.05) is 27.4 Å². The van der Waals surface area contributed by atoms with Crippen molar-refractivity contribution >= 4 is 0 Å². The van der Waals surface area contributed by atoms with E-state index in [4.69, 9.17) is 23.7 Å². The molecule has 0 aliphatic heterocycles. The standard InChI is InChI=1S/C29H46N2O5/c1-5-7-9-11-13-17-21-34-28(35-22-18-14-12-10-8-6-2)24-19-15-16-20-25(24)36-29-30-26(32-3)23-27(31-29)33-4/h15-16,19-20,23,28H,5-14,17-18,21-22H2,1-4H3. The highest BCUT2D eigenvalue weighted by Gasteiger charge is 2.19. The van der Waals surface area contributed by atoms with Crippen LogP contribution < -0.4 is 14.2 Å². The third-order valence-electron chi connectivity index (χ3n) is 5.99. The van der Waals surface area contributed by atoms with Gasteiger partial charge in [0.1, 0.15) is 5.75 Å². The normalized spacial score (nSPS) is 11.1. The number of hydrogen-bond acceptors (Lipinski definition) is 7. The molecule has 0 unspecified atom stereocenters. The second-order valence-electron chi connectivity index (χ2n) is 8.98. The summed E-state index contributed by atoms with van der Waals surface area (Å²) < 4.78 is 29.1. The van der Waals surface area contributed by atoms with E-state index in [-0.39, 0.29) is 6.01 Å². The fourth-order valence-corrected chi connectivity index (χ4v) is 3.88. The number of methoxy groups -OCH3 is 2. The van der Waals surface area contributed by atoms with Crippen LogP contribution in [0.5, 0.6) is 23.5 Å². The molecule has 2 aromatic rings. The number of para-hydroxylation sites is 1.